The van der Waals surface area contributed by atoms with Crippen LogP contribution in [0.2, 0.25) is 5.15 Å². The molecule has 90 valence electrons. The lowest BCUT2D eigenvalue weighted by Gasteiger charge is -2.13. The first-order chi connectivity index (χ1) is 8.08. The Morgan fingerprint density at radius 3 is 2.88 bits per heavy atom. The van der Waals surface area contributed by atoms with E-state index in [1.165, 1.54) is 6.33 Å². The van der Waals surface area contributed by atoms with E-state index in [9.17, 15) is 0 Å². The summed E-state index contributed by atoms with van der Waals surface area (Å²) >= 11 is 7.41. The third-order valence-electron chi connectivity index (χ3n) is 2.20. The maximum Gasteiger partial charge on any atom is 0.157 e. The normalized spacial score (nSPS) is 12.4. The summed E-state index contributed by atoms with van der Waals surface area (Å²) in [4.78, 5) is 12.3. The van der Waals surface area contributed by atoms with Gasteiger partial charge in [-0.25, -0.2) is 15.0 Å². The molecule has 2 rings (SSSR count). The van der Waals surface area contributed by atoms with Gasteiger partial charge in [-0.05, 0) is 13.8 Å². The summed E-state index contributed by atoms with van der Waals surface area (Å²) < 4.78 is 0. The number of hydrogen-bond acceptors (Lipinski definition) is 6. The third kappa shape index (κ3) is 2.65. The van der Waals surface area contributed by atoms with E-state index < -0.39 is 0 Å². The fraction of sp³-hybridized carbons (Fsp3) is 0.300. The molecule has 0 amide bonds. The summed E-state index contributed by atoms with van der Waals surface area (Å²) in [5.74, 6) is 0.533. The highest BCUT2D eigenvalue weighted by Crippen LogP contribution is 2.27. The number of nitrogen functional groups attached to an aromatic ring is 1. The third-order valence-corrected chi connectivity index (χ3v) is 3.64. The number of halogens is 1. The predicted molar refractivity (Wildman–Crippen MR) is 70.3 cm³/mol. The molecule has 1 atom stereocenters. The zero-order chi connectivity index (χ0) is 12.4. The van der Waals surface area contributed by atoms with Crippen LogP contribution < -0.4 is 11.1 Å². The zero-order valence-electron chi connectivity index (χ0n) is 9.44. The Morgan fingerprint density at radius 1 is 1.47 bits per heavy atom. The van der Waals surface area contributed by atoms with Crippen LogP contribution in [0.3, 0.4) is 0 Å². The van der Waals surface area contributed by atoms with Gasteiger partial charge in [0.1, 0.15) is 17.0 Å². The van der Waals surface area contributed by atoms with Crippen LogP contribution in [0.15, 0.2) is 11.7 Å². The van der Waals surface area contributed by atoms with Crippen LogP contribution in [-0.2, 0) is 0 Å². The lowest BCUT2D eigenvalue weighted by Crippen LogP contribution is -2.10. The predicted octanol–water partition coefficient (Wildman–Crippen LogP) is 2.65. The molecule has 0 aliphatic rings. The first kappa shape index (κ1) is 12.1. The monoisotopic (exact) mass is 269 g/mol. The Balaban J connectivity index is 2.18. The molecule has 3 N–H and O–H groups in total. The number of aromatic nitrogens is 3. The maximum absolute atomic E-state index is 5.82. The van der Waals surface area contributed by atoms with Crippen molar-refractivity contribution in [2.75, 3.05) is 11.1 Å². The summed E-state index contributed by atoms with van der Waals surface area (Å²) in [5.41, 5.74) is 7.14. The maximum atomic E-state index is 5.82. The standard InChI is InChI=1S/C10H12ClN5S/c1-5-3-17-10(15-5)6(2)16-9-7(12)8(11)13-4-14-9/h3-4,6H,12H2,1-2H3,(H,13,14,16). The van der Waals surface area contributed by atoms with Crippen molar-refractivity contribution in [2.24, 2.45) is 0 Å². The highest BCUT2D eigenvalue weighted by atomic mass is 35.5. The number of thiazole rings is 1. The molecule has 0 fully saturated rings. The summed E-state index contributed by atoms with van der Waals surface area (Å²) in [6.07, 6.45) is 1.38. The Bertz CT molecular complexity index is 527. The Labute approximate surface area is 108 Å². The van der Waals surface area contributed by atoms with Crippen LogP contribution in [0.4, 0.5) is 11.5 Å². The van der Waals surface area contributed by atoms with E-state index in [0.29, 0.717) is 11.5 Å². The summed E-state index contributed by atoms with van der Waals surface area (Å²) in [5, 5.41) is 6.41. The van der Waals surface area contributed by atoms with Gasteiger partial charge in [0.2, 0.25) is 0 Å². The summed E-state index contributed by atoms with van der Waals surface area (Å²) in [6.45, 7) is 3.95. The van der Waals surface area contributed by atoms with E-state index >= 15 is 0 Å². The van der Waals surface area contributed by atoms with Crippen molar-refractivity contribution >= 4 is 34.4 Å². The van der Waals surface area contributed by atoms with Gasteiger partial charge in [0.15, 0.2) is 11.0 Å². The van der Waals surface area contributed by atoms with Crippen LogP contribution in [0.1, 0.15) is 23.7 Å². The molecule has 0 spiro atoms. The molecule has 0 saturated heterocycles. The second kappa shape index (κ2) is 4.85. The van der Waals surface area contributed by atoms with Crippen molar-refractivity contribution < 1.29 is 0 Å². The molecular formula is C10H12ClN5S. The average Bonchev–Trinajstić information content (AvgIpc) is 2.72. The molecule has 2 heterocycles. The molecule has 2 aromatic rings. The molecule has 7 heteroatoms. The van der Waals surface area contributed by atoms with Crippen LogP contribution in [0.25, 0.3) is 0 Å². The lowest BCUT2D eigenvalue weighted by atomic mass is 10.3. The highest BCUT2D eigenvalue weighted by molar-refractivity contribution is 7.09. The molecule has 0 aliphatic carbocycles. The van der Waals surface area contributed by atoms with Gasteiger partial charge in [0.05, 0.1) is 6.04 Å². The Hall–Kier alpha value is -1.40. The van der Waals surface area contributed by atoms with Crippen molar-refractivity contribution in [2.45, 2.75) is 19.9 Å². The number of nitrogens with two attached hydrogens (primary N) is 1. The first-order valence-electron chi connectivity index (χ1n) is 5.02. The number of hydrogen-bond donors (Lipinski definition) is 2. The number of rotatable bonds is 3. The van der Waals surface area contributed by atoms with Gasteiger partial charge in [-0.3, -0.25) is 0 Å². The van der Waals surface area contributed by atoms with Crippen LogP contribution in [0.5, 0.6) is 0 Å². The van der Waals surface area contributed by atoms with Gasteiger partial charge in [0, 0.05) is 11.1 Å². The Kier molecular flexibility index (Phi) is 3.44. The molecule has 0 aromatic carbocycles. The van der Waals surface area contributed by atoms with Gasteiger partial charge in [-0.1, -0.05) is 11.6 Å². The fourth-order valence-electron chi connectivity index (χ4n) is 1.33. The molecule has 2 aromatic heterocycles. The smallest absolute Gasteiger partial charge is 0.157 e. The molecule has 0 saturated carbocycles. The Morgan fingerprint density at radius 2 is 2.24 bits per heavy atom. The first-order valence-corrected chi connectivity index (χ1v) is 6.28. The molecule has 5 nitrogen and oxygen atoms in total. The minimum absolute atomic E-state index is 0.0296. The van der Waals surface area contributed by atoms with E-state index in [-0.39, 0.29) is 11.2 Å². The van der Waals surface area contributed by atoms with Crippen molar-refractivity contribution in [3.8, 4) is 0 Å². The SMILES string of the molecule is Cc1csc(C(C)Nc2ncnc(Cl)c2N)n1. The van der Waals surface area contributed by atoms with Gasteiger partial charge >= 0.3 is 0 Å². The molecule has 1 unspecified atom stereocenters. The van der Waals surface area contributed by atoms with E-state index in [2.05, 4.69) is 20.3 Å². The van der Waals surface area contributed by atoms with Crippen LogP contribution in [-0.4, -0.2) is 15.0 Å². The van der Waals surface area contributed by atoms with Crippen molar-refractivity contribution in [1.29, 1.82) is 0 Å². The van der Waals surface area contributed by atoms with Gasteiger partial charge in [-0.15, -0.1) is 11.3 Å². The molecule has 0 aliphatic heterocycles. The van der Waals surface area contributed by atoms with Crippen molar-refractivity contribution in [3.05, 3.63) is 27.6 Å². The largest absolute Gasteiger partial charge is 0.393 e. The minimum Gasteiger partial charge on any atom is -0.393 e. The van der Waals surface area contributed by atoms with E-state index in [1.54, 1.807) is 11.3 Å². The highest BCUT2D eigenvalue weighted by Gasteiger charge is 2.13. The second-order valence-corrected chi connectivity index (χ2v) is 4.87. The lowest BCUT2D eigenvalue weighted by molar-refractivity contribution is 0.854. The van der Waals surface area contributed by atoms with Gasteiger partial charge < -0.3 is 11.1 Å². The number of aryl methyl sites for hydroxylation is 1. The quantitative estimate of drug-likeness (QED) is 0.838. The number of nitrogens with zero attached hydrogens (tertiary/aromatic N) is 3. The van der Waals surface area contributed by atoms with E-state index in [0.717, 1.165) is 10.7 Å². The van der Waals surface area contributed by atoms with Crippen LogP contribution in [0, 0.1) is 6.92 Å². The average molecular weight is 270 g/mol. The molecular weight excluding hydrogens is 258 g/mol. The van der Waals surface area contributed by atoms with Crippen LogP contribution >= 0.6 is 22.9 Å². The molecule has 0 bridgehead atoms. The molecule has 0 radical (unpaired) electrons. The van der Waals surface area contributed by atoms with Crippen molar-refractivity contribution in [3.63, 3.8) is 0 Å². The van der Waals surface area contributed by atoms with Gasteiger partial charge in [-0.2, -0.15) is 0 Å². The number of nitrogens with one attached hydrogen (secondary N) is 1. The zero-order valence-corrected chi connectivity index (χ0v) is 11.0. The minimum atomic E-state index is 0.0296. The number of anilines is 2. The molecule has 17 heavy (non-hydrogen) atoms. The van der Waals surface area contributed by atoms with Gasteiger partial charge in [0.25, 0.3) is 0 Å². The van der Waals surface area contributed by atoms with E-state index in [4.69, 9.17) is 17.3 Å². The second-order valence-electron chi connectivity index (χ2n) is 3.62. The topological polar surface area (TPSA) is 76.7 Å². The fourth-order valence-corrected chi connectivity index (χ4v) is 2.26. The van der Waals surface area contributed by atoms with Crippen molar-refractivity contribution in [1.82, 2.24) is 15.0 Å². The van der Waals surface area contributed by atoms with E-state index in [1.807, 2.05) is 19.2 Å². The summed E-state index contributed by atoms with van der Waals surface area (Å²) in [7, 11) is 0. The summed E-state index contributed by atoms with van der Waals surface area (Å²) in [6, 6.07) is 0.0296.